The van der Waals surface area contributed by atoms with Gasteiger partial charge >= 0.3 is 0 Å². The number of benzene rings is 1. The molecule has 2 aliphatic carbocycles. The zero-order valence-electron chi connectivity index (χ0n) is 17.7. The average Bonchev–Trinajstić information content (AvgIpc) is 3.49. The number of hydrogen-bond donors (Lipinski definition) is 1. The Kier molecular flexibility index (Phi) is 5.41. The van der Waals surface area contributed by atoms with Gasteiger partial charge in [-0.2, -0.15) is 4.31 Å². The molecule has 4 atom stereocenters. The molecule has 8 nitrogen and oxygen atoms in total. The fourth-order valence-corrected chi connectivity index (χ4v) is 7.16. The highest BCUT2D eigenvalue weighted by Crippen LogP contribution is 2.52. The maximum Gasteiger partial charge on any atom is 0.243 e. The van der Waals surface area contributed by atoms with E-state index >= 15 is 0 Å². The summed E-state index contributed by atoms with van der Waals surface area (Å²) in [6, 6.07) is 8.39. The van der Waals surface area contributed by atoms with E-state index < -0.39 is 10.0 Å². The number of imide groups is 1. The van der Waals surface area contributed by atoms with Crippen molar-refractivity contribution in [3.05, 3.63) is 42.5 Å². The third kappa shape index (κ3) is 3.57. The number of fused-ring (bicyclic) bond motifs is 5. The Morgan fingerprint density at radius 1 is 0.969 bits per heavy atom. The third-order valence-corrected chi connectivity index (χ3v) is 9.32. The monoisotopic (exact) mass is 457 g/mol. The Morgan fingerprint density at radius 2 is 1.56 bits per heavy atom. The molecule has 9 heteroatoms. The number of amides is 3. The van der Waals surface area contributed by atoms with Gasteiger partial charge in [-0.15, -0.1) is 0 Å². The maximum atomic E-state index is 12.7. The smallest absolute Gasteiger partial charge is 0.243 e. The first-order chi connectivity index (χ1) is 15.4. The van der Waals surface area contributed by atoms with Crippen LogP contribution in [-0.4, -0.2) is 61.5 Å². The fraction of sp³-hybridized carbons (Fsp3) is 0.522. The highest BCUT2D eigenvalue weighted by Gasteiger charge is 2.59. The summed E-state index contributed by atoms with van der Waals surface area (Å²) >= 11 is 0. The standard InChI is InChI=1S/C23H27N3O5S/c27-19(14-26-22(28)20-16-6-7-17(12-16)21(20)23(26)29)24-13-15-8-10-25(11-9-15)32(30,31)18-4-2-1-3-5-18/h1-7,15-17,20-21H,8-14H2,(H,24,27). The van der Waals surface area contributed by atoms with Crippen LogP contribution in [0.5, 0.6) is 0 Å². The van der Waals surface area contributed by atoms with E-state index in [0.717, 1.165) is 11.3 Å². The molecule has 2 aliphatic heterocycles. The molecule has 1 N–H and O–H groups in total. The van der Waals surface area contributed by atoms with Crippen molar-refractivity contribution in [1.82, 2.24) is 14.5 Å². The molecule has 1 saturated carbocycles. The van der Waals surface area contributed by atoms with Crippen LogP contribution in [0.25, 0.3) is 0 Å². The highest BCUT2D eigenvalue weighted by atomic mass is 32.2. The lowest BCUT2D eigenvalue weighted by Crippen LogP contribution is -2.45. The van der Waals surface area contributed by atoms with E-state index in [9.17, 15) is 22.8 Å². The van der Waals surface area contributed by atoms with Crippen LogP contribution in [0.4, 0.5) is 0 Å². The van der Waals surface area contributed by atoms with E-state index in [1.165, 1.54) is 4.31 Å². The van der Waals surface area contributed by atoms with Gasteiger partial charge in [0.25, 0.3) is 0 Å². The first kappa shape index (κ1) is 21.3. The molecule has 4 unspecified atom stereocenters. The number of hydrogen-bond acceptors (Lipinski definition) is 5. The average molecular weight is 458 g/mol. The Morgan fingerprint density at radius 3 is 2.16 bits per heavy atom. The van der Waals surface area contributed by atoms with E-state index in [4.69, 9.17) is 0 Å². The quantitative estimate of drug-likeness (QED) is 0.507. The van der Waals surface area contributed by atoms with Gasteiger partial charge in [0, 0.05) is 19.6 Å². The minimum absolute atomic E-state index is 0.131. The zero-order chi connectivity index (χ0) is 22.5. The number of nitrogens with zero attached hydrogens (tertiary/aromatic N) is 2. The SMILES string of the molecule is O=C(CN1C(=O)C2C3C=CC(C3)C2C1=O)NCC1CCN(S(=O)(=O)c2ccccc2)CC1. The largest absolute Gasteiger partial charge is 0.354 e. The molecule has 2 heterocycles. The van der Waals surface area contributed by atoms with Crippen LogP contribution in [0.2, 0.25) is 0 Å². The van der Waals surface area contributed by atoms with E-state index in [2.05, 4.69) is 5.32 Å². The predicted molar refractivity (Wildman–Crippen MR) is 115 cm³/mol. The molecule has 0 aromatic heterocycles. The second-order valence-electron chi connectivity index (χ2n) is 9.23. The molecule has 1 aromatic carbocycles. The summed E-state index contributed by atoms with van der Waals surface area (Å²) in [6.07, 6.45) is 6.22. The number of likely N-dealkylation sites (tertiary alicyclic amines) is 1. The second-order valence-corrected chi connectivity index (χ2v) is 11.2. The molecule has 1 aromatic rings. The summed E-state index contributed by atoms with van der Waals surface area (Å²) < 4.78 is 27.0. The predicted octanol–water partition coefficient (Wildman–Crippen LogP) is 1.01. The number of nitrogens with one attached hydrogen (secondary N) is 1. The lowest BCUT2D eigenvalue weighted by molar-refractivity contribution is -0.144. The Hall–Kier alpha value is -2.52. The summed E-state index contributed by atoms with van der Waals surface area (Å²) in [5, 5.41) is 2.84. The summed E-state index contributed by atoms with van der Waals surface area (Å²) in [5.41, 5.74) is 0. The van der Waals surface area contributed by atoms with Crippen molar-refractivity contribution in [3.63, 3.8) is 0 Å². The minimum Gasteiger partial charge on any atom is -0.354 e. The van der Waals surface area contributed by atoms with Crippen LogP contribution in [-0.2, 0) is 24.4 Å². The molecule has 2 saturated heterocycles. The number of allylic oxidation sites excluding steroid dienone is 2. The van der Waals surface area contributed by atoms with Crippen molar-refractivity contribution < 1.29 is 22.8 Å². The van der Waals surface area contributed by atoms with Gasteiger partial charge in [-0.3, -0.25) is 19.3 Å². The first-order valence-electron chi connectivity index (χ1n) is 11.2. The van der Waals surface area contributed by atoms with Crippen LogP contribution in [0, 0.1) is 29.6 Å². The maximum absolute atomic E-state index is 12.7. The molecule has 0 radical (unpaired) electrons. The van der Waals surface area contributed by atoms with Gasteiger partial charge in [0.05, 0.1) is 16.7 Å². The fourth-order valence-electron chi connectivity index (χ4n) is 5.67. The molecular formula is C23H27N3O5S. The normalized spacial score (nSPS) is 30.2. The number of carbonyl (C=O) groups is 3. The van der Waals surface area contributed by atoms with Gasteiger partial charge in [0.2, 0.25) is 27.7 Å². The molecule has 170 valence electrons. The van der Waals surface area contributed by atoms with Crippen LogP contribution >= 0.6 is 0 Å². The summed E-state index contributed by atoms with van der Waals surface area (Å²) in [4.78, 5) is 39.3. The van der Waals surface area contributed by atoms with Crippen LogP contribution < -0.4 is 5.32 Å². The molecule has 3 fully saturated rings. The van der Waals surface area contributed by atoms with Crippen molar-refractivity contribution in [3.8, 4) is 0 Å². The molecule has 4 aliphatic rings. The van der Waals surface area contributed by atoms with Crippen LogP contribution in [0.1, 0.15) is 19.3 Å². The van der Waals surface area contributed by atoms with Gasteiger partial charge < -0.3 is 5.32 Å². The molecule has 3 amide bonds. The molecule has 0 spiro atoms. The zero-order valence-corrected chi connectivity index (χ0v) is 18.5. The van der Waals surface area contributed by atoms with Crippen molar-refractivity contribution in [2.75, 3.05) is 26.2 Å². The van der Waals surface area contributed by atoms with Gasteiger partial charge in [-0.05, 0) is 49.1 Å². The van der Waals surface area contributed by atoms with Crippen LogP contribution in [0.15, 0.2) is 47.4 Å². The first-order valence-corrected chi connectivity index (χ1v) is 12.7. The Labute approximate surface area is 187 Å². The van der Waals surface area contributed by atoms with E-state index in [0.29, 0.717) is 37.4 Å². The van der Waals surface area contributed by atoms with Crippen molar-refractivity contribution in [2.45, 2.75) is 24.2 Å². The lowest BCUT2D eigenvalue weighted by Gasteiger charge is -2.31. The van der Waals surface area contributed by atoms with Gasteiger partial charge in [0.1, 0.15) is 6.54 Å². The number of carbonyl (C=O) groups excluding carboxylic acids is 3. The lowest BCUT2D eigenvalue weighted by atomic mass is 9.85. The van der Waals surface area contributed by atoms with E-state index in [1.807, 2.05) is 12.2 Å². The van der Waals surface area contributed by atoms with Gasteiger partial charge in [0.15, 0.2) is 0 Å². The number of piperidine rings is 1. The Bertz CT molecular complexity index is 1030. The minimum atomic E-state index is -3.50. The number of sulfonamides is 1. The summed E-state index contributed by atoms with van der Waals surface area (Å²) in [6.45, 7) is 0.985. The second kappa shape index (κ2) is 8.12. The van der Waals surface area contributed by atoms with Crippen molar-refractivity contribution in [2.24, 2.45) is 29.6 Å². The highest BCUT2D eigenvalue weighted by molar-refractivity contribution is 7.89. The molecule has 5 rings (SSSR count). The third-order valence-electron chi connectivity index (χ3n) is 7.41. The number of rotatable bonds is 6. The van der Waals surface area contributed by atoms with Gasteiger partial charge in [-0.1, -0.05) is 30.4 Å². The van der Waals surface area contributed by atoms with Crippen molar-refractivity contribution >= 4 is 27.7 Å². The molecule has 2 bridgehead atoms. The topological polar surface area (TPSA) is 104 Å². The van der Waals surface area contributed by atoms with Crippen LogP contribution in [0.3, 0.4) is 0 Å². The van der Waals surface area contributed by atoms with E-state index in [1.54, 1.807) is 30.3 Å². The van der Waals surface area contributed by atoms with Crippen molar-refractivity contribution in [1.29, 1.82) is 0 Å². The summed E-state index contributed by atoms with van der Waals surface area (Å²) in [5.74, 6) is -0.934. The molecular weight excluding hydrogens is 430 g/mol. The molecule has 32 heavy (non-hydrogen) atoms. The van der Waals surface area contributed by atoms with Gasteiger partial charge in [-0.25, -0.2) is 8.42 Å². The van der Waals surface area contributed by atoms with E-state index in [-0.39, 0.29) is 53.9 Å². The summed E-state index contributed by atoms with van der Waals surface area (Å²) in [7, 11) is -3.50. The Balaban J connectivity index is 1.10.